The second-order valence-electron chi connectivity index (χ2n) is 3.74. The second kappa shape index (κ2) is 5.31. The highest BCUT2D eigenvalue weighted by molar-refractivity contribution is 5.72. The molecule has 0 atom stereocenters. The Hall–Kier alpha value is -2.36. The fourth-order valence-electron chi connectivity index (χ4n) is 1.76. The predicted molar refractivity (Wildman–Crippen MR) is 69.7 cm³/mol. The number of nitro groups is 1. The molecule has 0 aliphatic heterocycles. The summed E-state index contributed by atoms with van der Waals surface area (Å²) in [6.45, 7) is 2.33. The van der Waals surface area contributed by atoms with Crippen molar-refractivity contribution in [2.45, 2.75) is 6.92 Å². The maximum atomic E-state index is 10.8. The summed E-state index contributed by atoms with van der Waals surface area (Å²) >= 11 is 0. The van der Waals surface area contributed by atoms with Crippen LogP contribution >= 0.6 is 0 Å². The van der Waals surface area contributed by atoms with Gasteiger partial charge in [-0.1, -0.05) is 30.3 Å². The van der Waals surface area contributed by atoms with Gasteiger partial charge < -0.3 is 4.74 Å². The largest absolute Gasteiger partial charge is 0.493 e. The first-order chi connectivity index (χ1) is 8.72. The third kappa shape index (κ3) is 2.48. The van der Waals surface area contributed by atoms with Gasteiger partial charge >= 0.3 is 0 Å². The number of nitro benzene ring substituents is 1. The Balaban J connectivity index is 2.50. The van der Waals surface area contributed by atoms with Gasteiger partial charge in [-0.05, 0) is 18.6 Å². The molecule has 4 heteroatoms. The van der Waals surface area contributed by atoms with Crippen LogP contribution in [0.1, 0.15) is 6.92 Å². The van der Waals surface area contributed by atoms with Crippen molar-refractivity contribution in [1.29, 1.82) is 0 Å². The fourth-order valence-corrected chi connectivity index (χ4v) is 1.76. The first-order valence-electron chi connectivity index (χ1n) is 5.69. The molecule has 0 aliphatic rings. The predicted octanol–water partition coefficient (Wildman–Crippen LogP) is 3.66. The van der Waals surface area contributed by atoms with Crippen LogP contribution in [0.25, 0.3) is 11.1 Å². The number of benzene rings is 2. The number of rotatable bonds is 4. The molecule has 0 unspecified atom stereocenters. The summed E-state index contributed by atoms with van der Waals surface area (Å²) in [5.41, 5.74) is 1.89. The zero-order valence-electron chi connectivity index (χ0n) is 10.00. The summed E-state index contributed by atoms with van der Waals surface area (Å²) in [7, 11) is 0. The Bertz CT molecular complexity index is 552. The lowest BCUT2D eigenvalue weighted by Crippen LogP contribution is -1.96. The van der Waals surface area contributed by atoms with Gasteiger partial charge in [-0.2, -0.15) is 0 Å². The number of nitrogens with zero attached hydrogens (tertiary/aromatic N) is 1. The van der Waals surface area contributed by atoms with Crippen molar-refractivity contribution in [3.8, 4) is 16.9 Å². The number of ether oxygens (including phenoxy) is 1. The minimum Gasteiger partial charge on any atom is -0.493 e. The number of hydrogen-bond donors (Lipinski definition) is 0. The summed E-state index contributed by atoms with van der Waals surface area (Å²) in [5.74, 6) is 0.540. The van der Waals surface area contributed by atoms with Crippen molar-refractivity contribution in [1.82, 2.24) is 0 Å². The minimum absolute atomic E-state index is 0.0399. The van der Waals surface area contributed by atoms with Crippen LogP contribution in [0.2, 0.25) is 0 Å². The lowest BCUT2D eigenvalue weighted by atomic mass is 10.0. The molecule has 0 aromatic heterocycles. The molecule has 0 saturated heterocycles. The van der Waals surface area contributed by atoms with E-state index in [2.05, 4.69) is 0 Å². The zero-order valence-corrected chi connectivity index (χ0v) is 10.00. The van der Waals surface area contributed by atoms with Crippen molar-refractivity contribution in [2.24, 2.45) is 0 Å². The van der Waals surface area contributed by atoms with Crippen molar-refractivity contribution >= 4 is 5.69 Å². The van der Waals surface area contributed by atoms with Crippen molar-refractivity contribution in [2.75, 3.05) is 6.61 Å². The van der Waals surface area contributed by atoms with Crippen molar-refractivity contribution < 1.29 is 9.66 Å². The Morgan fingerprint density at radius 1 is 1.17 bits per heavy atom. The highest BCUT2D eigenvalue weighted by atomic mass is 16.6. The van der Waals surface area contributed by atoms with Gasteiger partial charge in [-0.3, -0.25) is 10.1 Å². The van der Waals surface area contributed by atoms with Gasteiger partial charge in [-0.15, -0.1) is 0 Å². The second-order valence-corrected chi connectivity index (χ2v) is 3.74. The van der Waals surface area contributed by atoms with Crippen LogP contribution in [0.5, 0.6) is 5.75 Å². The number of hydrogen-bond acceptors (Lipinski definition) is 3. The third-order valence-electron chi connectivity index (χ3n) is 2.56. The molecule has 0 heterocycles. The summed E-state index contributed by atoms with van der Waals surface area (Å²) in [6, 6.07) is 14.3. The van der Waals surface area contributed by atoms with Crippen LogP contribution in [0.4, 0.5) is 5.69 Å². The zero-order chi connectivity index (χ0) is 13.0. The summed E-state index contributed by atoms with van der Waals surface area (Å²) in [4.78, 5) is 10.3. The lowest BCUT2D eigenvalue weighted by Gasteiger charge is -2.10. The Kier molecular flexibility index (Phi) is 3.57. The Morgan fingerprint density at radius 3 is 2.50 bits per heavy atom. The van der Waals surface area contributed by atoms with Crippen LogP contribution in [0, 0.1) is 10.1 Å². The molecule has 0 saturated carbocycles. The molecule has 0 bridgehead atoms. The summed E-state index contributed by atoms with van der Waals surface area (Å²) < 4.78 is 5.48. The van der Waals surface area contributed by atoms with E-state index in [-0.39, 0.29) is 5.69 Å². The van der Waals surface area contributed by atoms with E-state index in [0.717, 1.165) is 11.1 Å². The molecular formula is C14H13NO3. The quantitative estimate of drug-likeness (QED) is 0.608. The van der Waals surface area contributed by atoms with Gasteiger partial charge in [0.15, 0.2) is 0 Å². The van der Waals surface area contributed by atoms with Crippen LogP contribution < -0.4 is 4.74 Å². The van der Waals surface area contributed by atoms with Crippen LogP contribution in [-0.2, 0) is 0 Å². The maximum absolute atomic E-state index is 10.8. The van der Waals surface area contributed by atoms with E-state index in [4.69, 9.17) is 4.74 Å². The first-order valence-corrected chi connectivity index (χ1v) is 5.69. The van der Waals surface area contributed by atoms with E-state index in [0.29, 0.717) is 12.4 Å². The Labute approximate surface area is 105 Å². The molecule has 2 rings (SSSR count). The van der Waals surface area contributed by atoms with Crippen LogP contribution in [0.15, 0.2) is 48.5 Å². The molecule has 0 fully saturated rings. The monoisotopic (exact) mass is 243 g/mol. The van der Waals surface area contributed by atoms with Gasteiger partial charge in [0, 0.05) is 11.6 Å². The van der Waals surface area contributed by atoms with Gasteiger partial charge in [0.25, 0.3) is 5.69 Å². The average Bonchev–Trinajstić information content (AvgIpc) is 2.40. The molecule has 92 valence electrons. The lowest BCUT2D eigenvalue weighted by molar-refractivity contribution is -0.384. The fraction of sp³-hybridized carbons (Fsp3) is 0.143. The van der Waals surface area contributed by atoms with Crippen molar-refractivity contribution in [3.05, 3.63) is 58.6 Å². The molecule has 2 aromatic rings. The molecule has 0 aliphatic carbocycles. The molecule has 0 amide bonds. The molecular weight excluding hydrogens is 230 g/mol. The highest BCUT2D eigenvalue weighted by Gasteiger charge is 2.12. The normalized spacial score (nSPS) is 10.1. The van der Waals surface area contributed by atoms with E-state index < -0.39 is 4.92 Å². The van der Waals surface area contributed by atoms with Crippen LogP contribution in [0.3, 0.4) is 0 Å². The van der Waals surface area contributed by atoms with E-state index in [1.807, 2.05) is 37.3 Å². The average molecular weight is 243 g/mol. The van der Waals surface area contributed by atoms with E-state index in [1.54, 1.807) is 6.07 Å². The van der Waals surface area contributed by atoms with Gasteiger partial charge in [0.2, 0.25) is 0 Å². The van der Waals surface area contributed by atoms with E-state index >= 15 is 0 Å². The smallest absolute Gasteiger partial charge is 0.273 e. The van der Waals surface area contributed by atoms with Gasteiger partial charge in [-0.25, -0.2) is 0 Å². The molecule has 0 N–H and O–H groups in total. The van der Waals surface area contributed by atoms with Gasteiger partial charge in [0.1, 0.15) is 5.75 Å². The molecule has 2 aromatic carbocycles. The number of non-ortho nitro benzene ring substituents is 1. The maximum Gasteiger partial charge on any atom is 0.273 e. The standard InChI is InChI=1S/C14H13NO3/c1-2-18-14-10-12(15(16)17)8-9-13(14)11-6-4-3-5-7-11/h3-10H,2H2,1H3. The first kappa shape index (κ1) is 12.1. The van der Waals surface area contributed by atoms with E-state index in [1.165, 1.54) is 12.1 Å². The molecule has 18 heavy (non-hydrogen) atoms. The Morgan fingerprint density at radius 2 is 1.89 bits per heavy atom. The highest BCUT2D eigenvalue weighted by Crippen LogP contribution is 2.33. The van der Waals surface area contributed by atoms with Crippen molar-refractivity contribution in [3.63, 3.8) is 0 Å². The van der Waals surface area contributed by atoms with Crippen LogP contribution in [-0.4, -0.2) is 11.5 Å². The SMILES string of the molecule is CCOc1cc([N+](=O)[O-])ccc1-c1ccccc1. The topological polar surface area (TPSA) is 52.4 Å². The molecule has 0 radical (unpaired) electrons. The minimum atomic E-state index is -0.419. The third-order valence-corrected chi connectivity index (χ3v) is 2.56. The summed E-state index contributed by atoms with van der Waals surface area (Å²) in [6.07, 6.45) is 0. The molecule has 0 spiro atoms. The van der Waals surface area contributed by atoms with Gasteiger partial charge in [0.05, 0.1) is 17.6 Å². The molecule has 4 nitrogen and oxygen atoms in total. The summed E-state index contributed by atoms with van der Waals surface area (Å²) in [5, 5.41) is 10.8. The van der Waals surface area contributed by atoms with E-state index in [9.17, 15) is 10.1 Å².